The molecule has 1 aromatic heterocycles. The van der Waals surface area contributed by atoms with Gasteiger partial charge in [-0.15, -0.1) is 0 Å². The molecule has 0 unspecified atom stereocenters. The van der Waals surface area contributed by atoms with Crippen molar-refractivity contribution in [2.75, 3.05) is 0 Å². The lowest BCUT2D eigenvalue weighted by Crippen LogP contribution is -2.05. The first-order valence-electron chi connectivity index (χ1n) is 5.82. The number of nitrogens with zero attached hydrogens (tertiary/aromatic N) is 1. The van der Waals surface area contributed by atoms with Gasteiger partial charge in [-0.2, -0.15) is 4.39 Å². The molecule has 0 fully saturated rings. The highest BCUT2D eigenvalue weighted by Gasteiger charge is 2.16. The third-order valence-electron chi connectivity index (χ3n) is 2.76. The van der Waals surface area contributed by atoms with E-state index in [-0.39, 0.29) is 10.8 Å². The maximum absolute atomic E-state index is 13.3. The number of aryl methyl sites for hydroxylation is 1. The molecule has 2 aromatic rings. The van der Waals surface area contributed by atoms with Crippen molar-refractivity contribution in [1.29, 1.82) is 0 Å². The van der Waals surface area contributed by atoms with E-state index in [9.17, 15) is 4.39 Å². The van der Waals surface area contributed by atoms with Gasteiger partial charge >= 0.3 is 0 Å². The Hall–Kier alpha value is -1.03. The Morgan fingerprint density at radius 3 is 2.55 bits per heavy atom. The highest BCUT2D eigenvalue weighted by Crippen LogP contribution is 2.33. The van der Waals surface area contributed by atoms with Gasteiger partial charge in [0.05, 0.1) is 5.69 Å². The van der Waals surface area contributed by atoms with Crippen LogP contribution in [0.3, 0.4) is 0 Å². The Bertz CT molecular complexity index is 649. The van der Waals surface area contributed by atoms with Crippen LogP contribution in [0.5, 0.6) is 5.75 Å². The Labute approximate surface area is 131 Å². The summed E-state index contributed by atoms with van der Waals surface area (Å²) in [6.07, 6.45) is -0.404. The number of pyridine rings is 1. The molecule has 2 nitrogen and oxygen atoms in total. The van der Waals surface area contributed by atoms with E-state index < -0.39 is 12.1 Å². The van der Waals surface area contributed by atoms with Crippen molar-refractivity contribution < 1.29 is 9.13 Å². The Morgan fingerprint density at radius 1 is 1.20 bits per heavy atom. The molecule has 0 aliphatic carbocycles. The number of rotatable bonds is 3. The zero-order valence-corrected chi connectivity index (χ0v) is 13.0. The van der Waals surface area contributed by atoms with Crippen LogP contribution in [0.1, 0.15) is 24.3 Å². The molecule has 0 spiro atoms. The van der Waals surface area contributed by atoms with Crippen LogP contribution >= 0.6 is 34.8 Å². The third-order valence-corrected chi connectivity index (χ3v) is 3.79. The summed E-state index contributed by atoms with van der Waals surface area (Å²) >= 11 is 18.0. The van der Waals surface area contributed by atoms with Crippen LogP contribution < -0.4 is 4.74 Å². The summed E-state index contributed by atoms with van der Waals surface area (Å²) in [6.45, 7) is 3.40. The van der Waals surface area contributed by atoms with Gasteiger partial charge in [0, 0.05) is 21.7 Å². The molecule has 106 valence electrons. The molecule has 0 saturated heterocycles. The third kappa shape index (κ3) is 3.35. The van der Waals surface area contributed by atoms with Crippen molar-refractivity contribution in [1.82, 2.24) is 4.98 Å². The van der Waals surface area contributed by atoms with Gasteiger partial charge in [0.25, 0.3) is 0 Å². The van der Waals surface area contributed by atoms with Gasteiger partial charge < -0.3 is 4.74 Å². The molecular weight excluding hydrogens is 324 g/mol. The van der Waals surface area contributed by atoms with Crippen LogP contribution in [-0.2, 0) is 0 Å². The van der Waals surface area contributed by atoms with Gasteiger partial charge in [0.2, 0.25) is 5.95 Å². The average molecular weight is 335 g/mol. The fourth-order valence-electron chi connectivity index (χ4n) is 1.76. The number of hydrogen-bond donors (Lipinski definition) is 0. The predicted octanol–water partition coefficient (Wildman–Crippen LogP) is 5.63. The standard InChI is InChI=1S/C14H11Cl3FNO/c1-7-14(17)12(6-13(18)19-7)20-8(2)10-4-3-9(15)5-11(10)16/h3-6,8H,1-2H3/t8-/m1/s1. The molecule has 2 rings (SSSR count). The predicted molar refractivity (Wildman–Crippen MR) is 79.4 cm³/mol. The summed E-state index contributed by atoms with van der Waals surface area (Å²) < 4.78 is 19.0. The van der Waals surface area contributed by atoms with Crippen LogP contribution in [0, 0.1) is 12.9 Å². The van der Waals surface area contributed by atoms with Gasteiger partial charge in [-0.25, -0.2) is 4.98 Å². The van der Waals surface area contributed by atoms with E-state index >= 15 is 0 Å². The lowest BCUT2D eigenvalue weighted by atomic mass is 10.1. The zero-order valence-electron chi connectivity index (χ0n) is 10.8. The lowest BCUT2D eigenvalue weighted by Gasteiger charge is -2.18. The molecule has 0 amide bonds. The Morgan fingerprint density at radius 2 is 1.90 bits per heavy atom. The molecule has 6 heteroatoms. The van der Waals surface area contributed by atoms with Gasteiger partial charge in [0.1, 0.15) is 16.9 Å². The first-order valence-corrected chi connectivity index (χ1v) is 6.96. The normalized spacial score (nSPS) is 12.3. The van der Waals surface area contributed by atoms with Crippen LogP contribution in [-0.4, -0.2) is 4.98 Å². The molecular formula is C14H11Cl3FNO. The summed E-state index contributed by atoms with van der Waals surface area (Å²) in [7, 11) is 0. The summed E-state index contributed by atoms with van der Waals surface area (Å²) in [5.41, 5.74) is 1.11. The second-order valence-corrected chi connectivity index (χ2v) is 5.49. The van der Waals surface area contributed by atoms with Gasteiger partial charge in [-0.05, 0) is 26.0 Å². The monoisotopic (exact) mass is 333 g/mol. The summed E-state index contributed by atoms with van der Waals surface area (Å²) in [5.74, 6) is -0.411. The van der Waals surface area contributed by atoms with Gasteiger partial charge in [-0.1, -0.05) is 40.9 Å². The SMILES string of the molecule is Cc1nc(F)cc(O[C@H](C)c2ccc(Cl)cc2Cl)c1Cl. The summed E-state index contributed by atoms with van der Waals surface area (Å²) in [4.78, 5) is 3.62. The van der Waals surface area contributed by atoms with E-state index in [4.69, 9.17) is 39.5 Å². The van der Waals surface area contributed by atoms with Crippen LogP contribution in [0.15, 0.2) is 24.3 Å². The van der Waals surface area contributed by atoms with E-state index in [0.29, 0.717) is 15.7 Å². The van der Waals surface area contributed by atoms with Crippen molar-refractivity contribution in [2.24, 2.45) is 0 Å². The van der Waals surface area contributed by atoms with Crippen LogP contribution in [0.2, 0.25) is 15.1 Å². The van der Waals surface area contributed by atoms with E-state index in [0.717, 1.165) is 11.6 Å². The molecule has 1 atom stereocenters. The highest BCUT2D eigenvalue weighted by molar-refractivity contribution is 6.35. The van der Waals surface area contributed by atoms with Crippen LogP contribution in [0.25, 0.3) is 0 Å². The van der Waals surface area contributed by atoms with Crippen LogP contribution in [0.4, 0.5) is 4.39 Å². The van der Waals surface area contributed by atoms with Crippen molar-refractivity contribution in [3.8, 4) is 5.75 Å². The number of aromatic nitrogens is 1. The minimum absolute atomic E-state index is 0.232. The molecule has 0 saturated carbocycles. The Kier molecular flexibility index (Phi) is 4.74. The molecule has 20 heavy (non-hydrogen) atoms. The minimum Gasteiger partial charge on any atom is -0.484 e. The quantitative estimate of drug-likeness (QED) is 0.679. The largest absolute Gasteiger partial charge is 0.484 e. The van der Waals surface area contributed by atoms with Crippen molar-refractivity contribution in [3.05, 3.63) is 56.5 Å². The first-order chi connectivity index (χ1) is 9.38. The number of hydrogen-bond acceptors (Lipinski definition) is 2. The second-order valence-electron chi connectivity index (χ2n) is 4.27. The first kappa shape index (κ1) is 15.4. The second kappa shape index (κ2) is 6.17. The number of halogens is 4. The highest BCUT2D eigenvalue weighted by atomic mass is 35.5. The molecule has 1 heterocycles. The van der Waals surface area contributed by atoms with Crippen molar-refractivity contribution in [2.45, 2.75) is 20.0 Å². The maximum Gasteiger partial charge on any atom is 0.216 e. The topological polar surface area (TPSA) is 22.1 Å². The van der Waals surface area contributed by atoms with E-state index in [1.165, 1.54) is 0 Å². The molecule has 0 N–H and O–H groups in total. The van der Waals surface area contributed by atoms with E-state index in [1.54, 1.807) is 32.0 Å². The molecule has 0 aliphatic heterocycles. The number of benzene rings is 1. The summed E-state index contributed by atoms with van der Waals surface area (Å²) in [6, 6.07) is 6.24. The Balaban J connectivity index is 2.30. The van der Waals surface area contributed by atoms with E-state index in [1.807, 2.05) is 0 Å². The molecule has 0 aliphatic rings. The zero-order chi connectivity index (χ0) is 14.9. The van der Waals surface area contributed by atoms with Gasteiger partial charge in [0.15, 0.2) is 0 Å². The van der Waals surface area contributed by atoms with Crippen molar-refractivity contribution >= 4 is 34.8 Å². The fourth-order valence-corrected chi connectivity index (χ4v) is 2.47. The average Bonchev–Trinajstić information content (AvgIpc) is 2.35. The fraction of sp³-hybridized carbons (Fsp3) is 0.214. The maximum atomic E-state index is 13.3. The molecule has 1 aromatic carbocycles. The number of ether oxygens (including phenoxy) is 1. The summed E-state index contributed by atoms with van der Waals surface area (Å²) in [5, 5.41) is 1.30. The smallest absolute Gasteiger partial charge is 0.216 e. The molecule has 0 radical (unpaired) electrons. The minimum atomic E-state index is -0.642. The van der Waals surface area contributed by atoms with E-state index in [2.05, 4.69) is 4.98 Å². The van der Waals surface area contributed by atoms with Gasteiger partial charge in [-0.3, -0.25) is 0 Å². The lowest BCUT2D eigenvalue weighted by molar-refractivity contribution is 0.225. The molecule has 0 bridgehead atoms. The van der Waals surface area contributed by atoms with Crippen molar-refractivity contribution in [3.63, 3.8) is 0 Å².